The van der Waals surface area contributed by atoms with E-state index in [1.165, 1.54) is 4.31 Å². The van der Waals surface area contributed by atoms with Gasteiger partial charge in [0.15, 0.2) is 0 Å². The van der Waals surface area contributed by atoms with Gasteiger partial charge in [0, 0.05) is 26.4 Å². The van der Waals surface area contributed by atoms with Gasteiger partial charge in [-0.15, -0.1) is 0 Å². The van der Waals surface area contributed by atoms with E-state index in [4.69, 9.17) is 10.5 Å². The summed E-state index contributed by atoms with van der Waals surface area (Å²) in [6.07, 6.45) is 0. The van der Waals surface area contributed by atoms with Gasteiger partial charge in [0.1, 0.15) is 0 Å². The second kappa shape index (κ2) is 6.00. The van der Waals surface area contributed by atoms with E-state index in [-0.39, 0.29) is 5.75 Å². The molecule has 96 valence electrons. The van der Waals surface area contributed by atoms with Gasteiger partial charge in [-0.05, 0) is 17.7 Å². The van der Waals surface area contributed by atoms with Gasteiger partial charge in [0.05, 0.1) is 12.4 Å². The van der Waals surface area contributed by atoms with Gasteiger partial charge < -0.3 is 10.5 Å². The SMILES string of the molecule is COCCN(C)S(=O)(=O)Cc1ccc(N)cc1. The molecule has 0 aliphatic rings. The Labute approximate surface area is 102 Å². The standard InChI is InChI=1S/C11H18N2O3S/c1-13(7-8-16-2)17(14,15)9-10-3-5-11(12)6-4-10/h3-6H,7-9,12H2,1-2H3. The highest BCUT2D eigenvalue weighted by molar-refractivity contribution is 7.88. The van der Waals surface area contributed by atoms with Crippen molar-refractivity contribution in [2.45, 2.75) is 5.75 Å². The molecule has 0 saturated carbocycles. The second-order valence-electron chi connectivity index (χ2n) is 3.81. The van der Waals surface area contributed by atoms with Gasteiger partial charge >= 0.3 is 0 Å². The Bertz CT molecular complexity index is 442. The van der Waals surface area contributed by atoms with Crippen LogP contribution in [0.15, 0.2) is 24.3 Å². The Hall–Kier alpha value is -1.11. The summed E-state index contributed by atoms with van der Waals surface area (Å²) >= 11 is 0. The van der Waals surface area contributed by atoms with Gasteiger partial charge in [0.2, 0.25) is 10.0 Å². The van der Waals surface area contributed by atoms with Crippen molar-refractivity contribution < 1.29 is 13.2 Å². The number of hydrogen-bond acceptors (Lipinski definition) is 4. The zero-order valence-electron chi connectivity index (χ0n) is 10.1. The molecule has 0 bridgehead atoms. The summed E-state index contributed by atoms with van der Waals surface area (Å²) in [5.41, 5.74) is 6.89. The van der Waals surface area contributed by atoms with Crippen LogP contribution in [0, 0.1) is 0 Å². The molecule has 2 N–H and O–H groups in total. The lowest BCUT2D eigenvalue weighted by molar-refractivity contribution is 0.185. The highest BCUT2D eigenvalue weighted by Crippen LogP contribution is 2.11. The Morgan fingerprint density at radius 2 is 1.88 bits per heavy atom. The summed E-state index contributed by atoms with van der Waals surface area (Å²) in [7, 11) is -0.197. The van der Waals surface area contributed by atoms with Crippen molar-refractivity contribution >= 4 is 15.7 Å². The van der Waals surface area contributed by atoms with Crippen molar-refractivity contribution in [3.05, 3.63) is 29.8 Å². The molecule has 0 atom stereocenters. The smallest absolute Gasteiger partial charge is 0.218 e. The molecule has 0 saturated heterocycles. The number of nitrogens with zero attached hydrogens (tertiary/aromatic N) is 1. The quantitative estimate of drug-likeness (QED) is 0.761. The molecule has 0 aromatic heterocycles. The molecule has 0 heterocycles. The van der Waals surface area contributed by atoms with Crippen LogP contribution in [-0.4, -0.2) is 40.0 Å². The van der Waals surface area contributed by atoms with Gasteiger partial charge in [-0.3, -0.25) is 0 Å². The molecule has 0 unspecified atom stereocenters. The van der Waals surface area contributed by atoms with E-state index in [0.717, 1.165) is 5.56 Å². The number of ether oxygens (including phenoxy) is 1. The van der Waals surface area contributed by atoms with Crippen LogP contribution < -0.4 is 5.73 Å². The Morgan fingerprint density at radius 3 is 2.41 bits per heavy atom. The topological polar surface area (TPSA) is 72.6 Å². The number of hydrogen-bond donors (Lipinski definition) is 1. The predicted molar refractivity (Wildman–Crippen MR) is 68.0 cm³/mol. The Balaban J connectivity index is 2.69. The van der Waals surface area contributed by atoms with Crippen LogP contribution in [-0.2, 0) is 20.5 Å². The molecule has 0 spiro atoms. The maximum atomic E-state index is 11.9. The van der Waals surface area contributed by atoms with E-state index in [2.05, 4.69) is 0 Å². The number of sulfonamides is 1. The van der Waals surface area contributed by atoms with Gasteiger partial charge in [-0.1, -0.05) is 12.1 Å². The van der Waals surface area contributed by atoms with Crippen LogP contribution >= 0.6 is 0 Å². The molecular formula is C11H18N2O3S. The number of benzene rings is 1. The van der Waals surface area contributed by atoms with E-state index in [1.807, 2.05) is 0 Å². The van der Waals surface area contributed by atoms with E-state index in [0.29, 0.717) is 18.8 Å². The maximum absolute atomic E-state index is 11.9. The van der Waals surface area contributed by atoms with Crippen molar-refractivity contribution in [1.82, 2.24) is 4.31 Å². The third-order valence-electron chi connectivity index (χ3n) is 2.41. The van der Waals surface area contributed by atoms with Crippen LogP contribution in [0.2, 0.25) is 0 Å². The summed E-state index contributed by atoms with van der Waals surface area (Å²) in [5.74, 6) is -0.0203. The monoisotopic (exact) mass is 258 g/mol. The van der Waals surface area contributed by atoms with Crippen molar-refractivity contribution in [2.75, 3.05) is 33.0 Å². The maximum Gasteiger partial charge on any atom is 0.218 e. The first-order chi connectivity index (χ1) is 7.95. The number of nitrogen functional groups attached to an aromatic ring is 1. The number of nitrogens with two attached hydrogens (primary N) is 1. The van der Waals surface area contributed by atoms with Crippen molar-refractivity contribution in [3.8, 4) is 0 Å². The number of anilines is 1. The fourth-order valence-electron chi connectivity index (χ4n) is 1.29. The lowest BCUT2D eigenvalue weighted by Gasteiger charge is -2.16. The number of methoxy groups -OCH3 is 1. The summed E-state index contributed by atoms with van der Waals surface area (Å²) in [4.78, 5) is 0. The minimum Gasteiger partial charge on any atom is -0.399 e. The van der Waals surface area contributed by atoms with Crippen LogP contribution in [0.4, 0.5) is 5.69 Å². The van der Waals surface area contributed by atoms with Crippen molar-refractivity contribution in [3.63, 3.8) is 0 Å². The summed E-state index contributed by atoms with van der Waals surface area (Å²) < 4.78 is 30.0. The lowest BCUT2D eigenvalue weighted by atomic mass is 10.2. The normalized spacial score (nSPS) is 11.9. The predicted octanol–water partition coefficient (Wildman–Crippen LogP) is 0.677. The van der Waals surface area contributed by atoms with Gasteiger partial charge in [-0.25, -0.2) is 12.7 Å². The van der Waals surface area contributed by atoms with Crippen molar-refractivity contribution in [1.29, 1.82) is 0 Å². The zero-order valence-corrected chi connectivity index (χ0v) is 10.9. The van der Waals surface area contributed by atoms with Crippen molar-refractivity contribution in [2.24, 2.45) is 0 Å². The second-order valence-corrected chi connectivity index (χ2v) is 5.89. The molecule has 0 fully saturated rings. The molecular weight excluding hydrogens is 240 g/mol. The van der Waals surface area contributed by atoms with E-state index >= 15 is 0 Å². The molecule has 0 radical (unpaired) electrons. The van der Waals surface area contributed by atoms with E-state index < -0.39 is 10.0 Å². The molecule has 6 heteroatoms. The molecule has 0 aliphatic heterocycles. The first kappa shape index (κ1) is 14.0. The average Bonchev–Trinajstić information content (AvgIpc) is 2.28. The molecule has 1 rings (SSSR count). The highest BCUT2D eigenvalue weighted by Gasteiger charge is 2.17. The van der Waals surface area contributed by atoms with Crippen LogP contribution in [0.5, 0.6) is 0 Å². The van der Waals surface area contributed by atoms with Gasteiger partial charge in [-0.2, -0.15) is 0 Å². The van der Waals surface area contributed by atoms with E-state index in [1.54, 1.807) is 38.4 Å². The largest absolute Gasteiger partial charge is 0.399 e. The highest BCUT2D eigenvalue weighted by atomic mass is 32.2. The molecule has 17 heavy (non-hydrogen) atoms. The third-order valence-corrected chi connectivity index (χ3v) is 4.24. The fraction of sp³-hybridized carbons (Fsp3) is 0.455. The van der Waals surface area contributed by atoms with E-state index in [9.17, 15) is 8.42 Å². The Morgan fingerprint density at radius 1 is 1.29 bits per heavy atom. The number of rotatable bonds is 6. The molecule has 1 aromatic rings. The van der Waals surface area contributed by atoms with Gasteiger partial charge in [0.25, 0.3) is 0 Å². The Kier molecular flexibility index (Phi) is 4.92. The van der Waals surface area contributed by atoms with Crippen LogP contribution in [0.1, 0.15) is 5.56 Å². The van der Waals surface area contributed by atoms with Crippen LogP contribution in [0.3, 0.4) is 0 Å². The first-order valence-electron chi connectivity index (χ1n) is 5.23. The fourth-order valence-corrected chi connectivity index (χ4v) is 2.48. The third kappa shape index (κ3) is 4.33. The minimum atomic E-state index is -3.29. The summed E-state index contributed by atoms with van der Waals surface area (Å²) in [6.45, 7) is 0.741. The summed E-state index contributed by atoms with van der Waals surface area (Å²) in [6, 6.07) is 6.83. The summed E-state index contributed by atoms with van der Waals surface area (Å²) in [5, 5.41) is 0. The zero-order chi connectivity index (χ0) is 12.9. The number of likely N-dealkylation sites (N-methyl/N-ethyl adjacent to an activating group) is 1. The minimum absolute atomic E-state index is 0.0203. The lowest BCUT2D eigenvalue weighted by Crippen LogP contribution is -2.31. The first-order valence-corrected chi connectivity index (χ1v) is 6.84. The molecule has 0 aliphatic carbocycles. The molecule has 5 nitrogen and oxygen atoms in total. The molecule has 0 amide bonds. The van der Waals surface area contributed by atoms with Crippen LogP contribution in [0.25, 0.3) is 0 Å². The average molecular weight is 258 g/mol. The molecule has 1 aromatic carbocycles.